The molecule has 3 unspecified atom stereocenters. The number of ether oxygens (including phenoxy) is 2. The summed E-state index contributed by atoms with van der Waals surface area (Å²) < 4.78 is 9.73. The molecule has 1 saturated heterocycles. The Labute approximate surface area is 70.7 Å². The van der Waals surface area contributed by atoms with E-state index in [2.05, 4.69) is 10.1 Å². The standard InChI is InChI=1S/C7H13NO4/c1-3-11-7(10)5-6(9)8-4(2)12-5/h4-6,8-9H,3H2,1-2H3/i2+1. The molecule has 2 N–H and O–H groups in total. The lowest BCUT2D eigenvalue weighted by molar-refractivity contribution is -0.159. The summed E-state index contributed by atoms with van der Waals surface area (Å²) in [6.07, 6.45) is -2.16. The Kier molecular flexibility index (Phi) is 3.02. The Bertz CT molecular complexity index is 173. The Balaban J connectivity index is 2.46. The first-order valence-corrected chi connectivity index (χ1v) is 3.91. The fourth-order valence-corrected chi connectivity index (χ4v) is 1.07. The monoisotopic (exact) mass is 176 g/mol. The van der Waals surface area contributed by atoms with E-state index < -0.39 is 18.3 Å². The quantitative estimate of drug-likeness (QED) is 0.426. The molecule has 0 bridgehead atoms. The molecule has 0 radical (unpaired) electrons. The Hall–Kier alpha value is -0.650. The number of carbonyl (C=O) groups is 1. The van der Waals surface area contributed by atoms with Gasteiger partial charge in [0, 0.05) is 0 Å². The Morgan fingerprint density at radius 3 is 2.83 bits per heavy atom. The lowest BCUT2D eigenvalue weighted by atomic mass is 10.3. The SMILES string of the molecule is CCOC(=O)C1OC([13CH3])NC1O. The van der Waals surface area contributed by atoms with Crippen LogP contribution in [0, 0.1) is 0 Å². The molecule has 0 spiro atoms. The van der Waals surface area contributed by atoms with E-state index in [0.29, 0.717) is 6.61 Å². The van der Waals surface area contributed by atoms with E-state index in [1.54, 1.807) is 13.8 Å². The van der Waals surface area contributed by atoms with Crippen LogP contribution in [0.4, 0.5) is 0 Å². The fraction of sp³-hybridized carbons (Fsp3) is 0.857. The van der Waals surface area contributed by atoms with Crippen molar-refractivity contribution in [2.24, 2.45) is 0 Å². The van der Waals surface area contributed by atoms with Crippen LogP contribution < -0.4 is 5.32 Å². The van der Waals surface area contributed by atoms with Crippen molar-refractivity contribution in [1.29, 1.82) is 0 Å². The second kappa shape index (κ2) is 3.84. The Morgan fingerprint density at radius 1 is 1.75 bits per heavy atom. The Morgan fingerprint density at radius 2 is 2.42 bits per heavy atom. The van der Waals surface area contributed by atoms with E-state index >= 15 is 0 Å². The van der Waals surface area contributed by atoms with Gasteiger partial charge in [-0.15, -0.1) is 0 Å². The molecular weight excluding hydrogens is 163 g/mol. The van der Waals surface area contributed by atoms with Gasteiger partial charge in [0.05, 0.1) is 6.61 Å². The zero-order chi connectivity index (χ0) is 9.14. The summed E-state index contributed by atoms with van der Waals surface area (Å²) in [5.41, 5.74) is 0. The number of hydrogen-bond acceptors (Lipinski definition) is 5. The molecule has 0 aromatic heterocycles. The minimum Gasteiger partial charge on any atom is -0.464 e. The van der Waals surface area contributed by atoms with Crippen molar-refractivity contribution in [1.82, 2.24) is 5.32 Å². The van der Waals surface area contributed by atoms with Crippen LogP contribution in [0.3, 0.4) is 0 Å². The van der Waals surface area contributed by atoms with Gasteiger partial charge in [0.1, 0.15) is 12.5 Å². The van der Waals surface area contributed by atoms with Gasteiger partial charge in [-0.05, 0) is 13.8 Å². The highest BCUT2D eigenvalue weighted by molar-refractivity contribution is 5.75. The number of nitrogens with one attached hydrogen (secondary N) is 1. The molecule has 5 nitrogen and oxygen atoms in total. The molecule has 0 aromatic rings. The third kappa shape index (κ3) is 1.94. The van der Waals surface area contributed by atoms with E-state index in [1.165, 1.54) is 0 Å². The molecule has 12 heavy (non-hydrogen) atoms. The van der Waals surface area contributed by atoms with Crippen molar-refractivity contribution in [2.75, 3.05) is 6.61 Å². The van der Waals surface area contributed by atoms with Crippen molar-refractivity contribution in [3.63, 3.8) is 0 Å². The van der Waals surface area contributed by atoms with Crippen LogP contribution in [0.15, 0.2) is 0 Å². The van der Waals surface area contributed by atoms with Gasteiger partial charge in [-0.3, -0.25) is 5.32 Å². The summed E-state index contributed by atoms with van der Waals surface area (Å²) in [6.45, 7) is 3.71. The van der Waals surface area contributed by atoms with E-state index in [1.807, 2.05) is 0 Å². The summed E-state index contributed by atoms with van der Waals surface area (Å²) in [5, 5.41) is 11.9. The van der Waals surface area contributed by atoms with Gasteiger partial charge in [-0.1, -0.05) is 0 Å². The predicted octanol–water partition coefficient (Wildman–Crippen LogP) is -0.798. The van der Waals surface area contributed by atoms with Gasteiger partial charge in [-0.2, -0.15) is 0 Å². The van der Waals surface area contributed by atoms with Crippen molar-refractivity contribution in [3.05, 3.63) is 0 Å². The third-order valence-electron chi connectivity index (χ3n) is 1.56. The number of hydrogen-bond donors (Lipinski definition) is 2. The average molecular weight is 176 g/mol. The number of rotatable bonds is 2. The predicted molar refractivity (Wildman–Crippen MR) is 40.1 cm³/mol. The molecule has 0 aromatic carbocycles. The third-order valence-corrected chi connectivity index (χ3v) is 1.56. The minimum atomic E-state index is -0.959. The molecule has 1 rings (SSSR count). The zero-order valence-corrected chi connectivity index (χ0v) is 7.11. The number of esters is 1. The van der Waals surface area contributed by atoms with E-state index in [9.17, 15) is 9.90 Å². The number of carbonyl (C=O) groups excluding carboxylic acids is 1. The van der Waals surface area contributed by atoms with Gasteiger partial charge >= 0.3 is 5.97 Å². The largest absolute Gasteiger partial charge is 0.464 e. The zero-order valence-electron chi connectivity index (χ0n) is 7.11. The van der Waals surface area contributed by atoms with Crippen LogP contribution in [0.5, 0.6) is 0 Å². The van der Waals surface area contributed by atoms with Gasteiger partial charge in [-0.25, -0.2) is 4.79 Å². The van der Waals surface area contributed by atoms with E-state index in [0.717, 1.165) is 0 Å². The molecule has 0 amide bonds. The lowest BCUT2D eigenvalue weighted by Gasteiger charge is -2.10. The molecular formula is C7H13NO4. The summed E-state index contributed by atoms with van der Waals surface area (Å²) in [6, 6.07) is 0. The van der Waals surface area contributed by atoms with Crippen molar-refractivity contribution in [2.45, 2.75) is 32.4 Å². The van der Waals surface area contributed by atoms with Crippen LogP contribution >= 0.6 is 0 Å². The summed E-state index contributed by atoms with van der Waals surface area (Å²) >= 11 is 0. The number of aliphatic hydroxyl groups is 1. The highest BCUT2D eigenvalue weighted by atomic mass is 16.6. The molecule has 1 aliphatic rings. The van der Waals surface area contributed by atoms with Crippen molar-refractivity contribution >= 4 is 5.97 Å². The molecule has 1 fully saturated rings. The minimum absolute atomic E-state index is 0.291. The van der Waals surface area contributed by atoms with Gasteiger partial charge in [0.25, 0.3) is 0 Å². The molecule has 1 aliphatic heterocycles. The van der Waals surface area contributed by atoms with Crippen molar-refractivity contribution < 1.29 is 19.4 Å². The topological polar surface area (TPSA) is 67.8 Å². The van der Waals surface area contributed by atoms with Crippen LogP contribution in [-0.4, -0.2) is 36.2 Å². The lowest BCUT2D eigenvalue weighted by Crippen LogP contribution is -2.37. The van der Waals surface area contributed by atoms with Crippen molar-refractivity contribution in [3.8, 4) is 0 Å². The highest BCUT2D eigenvalue weighted by Crippen LogP contribution is 2.11. The first kappa shape index (κ1) is 9.44. The van der Waals surface area contributed by atoms with E-state index in [4.69, 9.17) is 4.74 Å². The van der Waals surface area contributed by atoms with Crippen LogP contribution in [0.1, 0.15) is 13.8 Å². The molecule has 70 valence electrons. The van der Waals surface area contributed by atoms with Gasteiger partial charge < -0.3 is 14.6 Å². The first-order chi connectivity index (χ1) is 5.65. The van der Waals surface area contributed by atoms with E-state index in [-0.39, 0.29) is 6.23 Å². The van der Waals surface area contributed by atoms with Crippen LogP contribution in [-0.2, 0) is 14.3 Å². The maximum absolute atomic E-state index is 11.1. The second-order valence-corrected chi connectivity index (χ2v) is 2.56. The van der Waals surface area contributed by atoms with Crippen LogP contribution in [0.2, 0.25) is 0 Å². The molecule has 5 heteroatoms. The molecule has 0 aliphatic carbocycles. The summed E-state index contributed by atoms with van der Waals surface area (Å²) in [5.74, 6) is -0.526. The fourth-order valence-electron chi connectivity index (χ4n) is 1.07. The summed E-state index contributed by atoms with van der Waals surface area (Å²) in [4.78, 5) is 11.1. The second-order valence-electron chi connectivity index (χ2n) is 2.56. The molecule has 3 atom stereocenters. The van der Waals surface area contributed by atoms with Crippen LogP contribution in [0.25, 0.3) is 0 Å². The smallest absolute Gasteiger partial charge is 0.339 e. The maximum Gasteiger partial charge on any atom is 0.339 e. The normalized spacial score (nSPS) is 35.1. The molecule has 1 heterocycles. The maximum atomic E-state index is 11.1. The number of aliphatic hydroxyl groups excluding tert-OH is 1. The highest BCUT2D eigenvalue weighted by Gasteiger charge is 2.37. The van der Waals surface area contributed by atoms with Gasteiger partial charge in [0.15, 0.2) is 6.10 Å². The van der Waals surface area contributed by atoms with Gasteiger partial charge in [0.2, 0.25) is 0 Å². The average Bonchev–Trinajstić information content (AvgIpc) is 2.30. The first-order valence-electron chi connectivity index (χ1n) is 3.91. The molecule has 0 saturated carbocycles. The summed E-state index contributed by atoms with van der Waals surface area (Å²) in [7, 11) is 0.